The van der Waals surface area contributed by atoms with Gasteiger partial charge in [-0.3, -0.25) is 0 Å². The fourth-order valence-electron chi connectivity index (χ4n) is 2.23. The highest BCUT2D eigenvalue weighted by Crippen LogP contribution is 2.25. The molecule has 7 nitrogen and oxygen atoms in total. The Morgan fingerprint density at radius 1 is 1.60 bits per heavy atom. The Kier molecular flexibility index (Phi) is 4.31. The first-order valence-electron chi connectivity index (χ1n) is 6.34. The van der Waals surface area contributed by atoms with Crippen LogP contribution in [-0.4, -0.2) is 54.0 Å². The number of hydrogen-bond donors (Lipinski definition) is 4. The molecule has 0 spiro atoms. The van der Waals surface area contributed by atoms with Crippen molar-refractivity contribution in [2.45, 2.75) is 13.0 Å². The Labute approximate surface area is 117 Å². The van der Waals surface area contributed by atoms with Crippen LogP contribution in [0.3, 0.4) is 0 Å². The maximum atomic E-state index is 10.5. The topological polar surface area (TPSA) is 94.1 Å². The second-order valence-corrected chi connectivity index (χ2v) is 4.74. The summed E-state index contributed by atoms with van der Waals surface area (Å²) in [4.78, 5) is 10.5. The number of allylic oxidation sites excluding steroid dienone is 2. The summed E-state index contributed by atoms with van der Waals surface area (Å²) in [7, 11) is 1.89. The van der Waals surface area contributed by atoms with Gasteiger partial charge in [0.1, 0.15) is 0 Å². The third-order valence-corrected chi connectivity index (χ3v) is 3.20. The van der Waals surface area contributed by atoms with Crippen molar-refractivity contribution < 1.29 is 19.7 Å². The average molecular weight is 281 g/mol. The SMILES string of the molecule is CC1=C(C2=CC(CO)NN2C)CNC(OCC(=O)O)=C1. The molecule has 1 unspecified atom stereocenters. The quantitative estimate of drug-likeness (QED) is 0.542. The molecule has 2 rings (SSSR count). The number of hydrogen-bond acceptors (Lipinski definition) is 6. The van der Waals surface area contributed by atoms with Gasteiger partial charge >= 0.3 is 5.97 Å². The number of hydrazine groups is 1. The van der Waals surface area contributed by atoms with Crippen molar-refractivity contribution in [3.8, 4) is 0 Å². The minimum atomic E-state index is -1.01. The van der Waals surface area contributed by atoms with E-state index in [2.05, 4.69) is 10.7 Å². The lowest BCUT2D eigenvalue weighted by molar-refractivity contribution is -0.141. The Balaban J connectivity index is 2.13. The predicted molar refractivity (Wildman–Crippen MR) is 72.2 cm³/mol. The molecular formula is C13H19N3O4. The molecule has 0 saturated carbocycles. The van der Waals surface area contributed by atoms with Gasteiger partial charge in [0.05, 0.1) is 18.3 Å². The van der Waals surface area contributed by atoms with E-state index in [0.717, 1.165) is 16.8 Å². The largest absolute Gasteiger partial charge is 0.479 e. The summed E-state index contributed by atoms with van der Waals surface area (Å²) in [6, 6.07) is -0.0797. The van der Waals surface area contributed by atoms with Crippen molar-refractivity contribution in [2.24, 2.45) is 0 Å². The van der Waals surface area contributed by atoms with Gasteiger partial charge in [-0.1, -0.05) is 0 Å². The molecule has 0 saturated heterocycles. The van der Waals surface area contributed by atoms with E-state index >= 15 is 0 Å². The van der Waals surface area contributed by atoms with Crippen LogP contribution in [0, 0.1) is 0 Å². The first-order valence-corrected chi connectivity index (χ1v) is 6.34. The van der Waals surface area contributed by atoms with Gasteiger partial charge in [-0.25, -0.2) is 10.2 Å². The Morgan fingerprint density at radius 3 is 2.90 bits per heavy atom. The number of carbonyl (C=O) groups is 1. The highest BCUT2D eigenvalue weighted by atomic mass is 16.5. The summed E-state index contributed by atoms with van der Waals surface area (Å²) >= 11 is 0. The Morgan fingerprint density at radius 2 is 2.35 bits per heavy atom. The lowest BCUT2D eigenvalue weighted by Gasteiger charge is -2.25. The molecule has 0 amide bonds. The summed E-state index contributed by atoms with van der Waals surface area (Å²) < 4.78 is 5.12. The molecule has 110 valence electrons. The Bertz CT molecular complexity index is 496. The number of dihydropyridines is 1. The first-order chi connectivity index (χ1) is 9.51. The smallest absolute Gasteiger partial charge is 0.341 e. The number of carboxylic acid groups (broad SMARTS) is 1. The number of nitrogens with one attached hydrogen (secondary N) is 2. The van der Waals surface area contributed by atoms with Crippen LogP contribution in [0.25, 0.3) is 0 Å². The molecule has 4 N–H and O–H groups in total. The van der Waals surface area contributed by atoms with Crippen LogP contribution in [0.1, 0.15) is 6.92 Å². The van der Waals surface area contributed by atoms with E-state index in [9.17, 15) is 9.90 Å². The molecular weight excluding hydrogens is 262 g/mol. The van der Waals surface area contributed by atoms with Crippen molar-refractivity contribution >= 4 is 5.97 Å². The zero-order chi connectivity index (χ0) is 14.7. The van der Waals surface area contributed by atoms with E-state index in [4.69, 9.17) is 9.84 Å². The van der Waals surface area contributed by atoms with E-state index in [1.165, 1.54) is 0 Å². The number of nitrogens with zero attached hydrogens (tertiary/aromatic N) is 1. The number of likely N-dealkylation sites (N-methyl/N-ethyl adjacent to an activating group) is 1. The van der Waals surface area contributed by atoms with Crippen molar-refractivity contribution in [1.29, 1.82) is 0 Å². The van der Waals surface area contributed by atoms with E-state index in [1.807, 2.05) is 25.1 Å². The minimum Gasteiger partial charge on any atom is -0.479 e. The molecule has 0 bridgehead atoms. The van der Waals surface area contributed by atoms with Gasteiger partial charge in [-0.05, 0) is 24.1 Å². The molecule has 0 aromatic carbocycles. The van der Waals surface area contributed by atoms with Crippen LogP contribution in [-0.2, 0) is 9.53 Å². The zero-order valence-electron chi connectivity index (χ0n) is 11.5. The predicted octanol–water partition coefficient (Wildman–Crippen LogP) is -0.456. The second-order valence-electron chi connectivity index (χ2n) is 4.74. The standard InChI is InChI=1S/C13H19N3O4/c1-8-3-12(20-7-13(18)19)14-5-10(8)11-4-9(6-17)15-16(11)2/h3-4,9,14-15,17H,5-7H2,1-2H3,(H,18,19). The number of rotatable bonds is 5. The number of aliphatic hydroxyl groups excluding tert-OH is 1. The van der Waals surface area contributed by atoms with Crippen LogP contribution in [0.5, 0.6) is 0 Å². The molecule has 2 aliphatic rings. The van der Waals surface area contributed by atoms with E-state index < -0.39 is 5.97 Å². The maximum Gasteiger partial charge on any atom is 0.341 e. The Hall–Kier alpha value is -1.99. The normalized spacial score (nSPS) is 22.4. The summed E-state index contributed by atoms with van der Waals surface area (Å²) in [5.74, 6) is -0.546. The van der Waals surface area contributed by atoms with Crippen molar-refractivity contribution in [3.63, 3.8) is 0 Å². The molecule has 0 radical (unpaired) electrons. The summed E-state index contributed by atoms with van der Waals surface area (Å²) in [5.41, 5.74) is 6.21. The molecule has 0 aromatic heterocycles. The molecule has 0 aromatic rings. The van der Waals surface area contributed by atoms with Gasteiger partial charge in [-0.2, -0.15) is 0 Å². The number of aliphatic carboxylic acids is 1. The highest BCUT2D eigenvalue weighted by Gasteiger charge is 2.24. The lowest BCUT2D eigenvalue weighted by atomic mass is 10.0. The van der Waals surface area contributed by atoms with Crippen LogP contribution in [0.4, 0.5) is 0 Å². The molecule has 7 heteroatoms. The van der Waals surface area contributed by atoms with Gasteiger partial charge < -0.3 is 25.3 Å². The van der Waals surface area contributed by atoms with E-state index in [-0.39, 0.29) is 19.3 Å². The van der Waals surface area contributed by atoms with Gasteiger partial charge in [0.2, 0.25) is 0 Å². The summed E-state index contributed by atoms with van der Waals surface area (Å²) in [6.07, 6.45) is 3.75. The van der Waals surface area contributed by atoms with Crippen molar-refractivity contribution in [1.82, 2.24) is 15.8 Å². The van der Waals surface area contributed by atoms with E-state index in [0.29, 0.717) is 12.4 Å². The average Bonchev–Trinajstić information content (AvgIpc) is 2.78. The van der Waals surface area contributed by atoms with Crippen LogP contribution >= 0.6 is 0 Å². The van der Waals surface area contributed by atoms with Gasteiger partial charge in [0.15, 0.2) is 12.5 Å². The molecule has 0 fully saturated rings. The first kappa shape index (κ1) is 14.4. The van der Waals surface area contributed by atoms with Crippen LogP contribution in [0.2, 0.25) is 0 Å². The van der Waals surface area contributed by atoms with Gasteiger partial charge in [0, 0.05) is 19.7 Å². The third-order valence-electron chi connectivity index (χ3n) is 3.20. The second kappa shape index (κ2) is 5.98. The van der Waals surface area contributed by atoms with Crippen LogP contribution in [0.15, 0.2) is 34.9 Å². The molecule has 2 aliphatic heterocycles. The zero-order valence-corrected chi connectivity index (χ0v) is 11.5. The number of ether oxygens (including phenoxy) is 1. The molecule has 0 aliphatic carbocycles. The fraction of sp³-hybridized carbons (Fsp3) is 0.462. The van der Waals surface area contributed by atoms with Crippen molar-refractivity contribution in [2.75, 3.05) is 26.8 Å². The van der Waals surface area contributed by atoms with Gasteiger partial charge in [-0.15, -0.1) is 0 Å². The van der Waals surface area contributed by atoms with E-state index in [1.54, 1.807) is 6.08 Å². The van der Waals surface area contributed by atoms with Gasteiger partial charge in [0.25, 0.3) is 0 Å². The summed E-state index contributed by atoms with van der Waals surface area (Å²) in [6.45, 7) is 2.17. The van der Waals surface area contributed by atoms with Crippen LogP contribution < -0.4 is 10.7 Å². The molecule has 1 atom stereocenters. The number of carboxylic acids is 1. The summed E-state index contributed by atoms with van der Waals surface area (Å²) in [5, 5.41) is 22.7. The molecule has 2 heterocycles. The third kappa shape index (κ3) is 3.12. The maximum absolute atomic E-state index is 10.5. The lowest BCUT2D eigenvalue weighted by Crippen LogP contribution is -2.37. The minimum absolute atomic E-state index is 0.0381. The highest BCUT2D eigenvalue weighted by molar-refractivity contribution is 5.68. The number of aliphatic hydroxyl groups is 1. The molecule has 20 heavy (non-hydrogen) atoms. The van der Waals surface area contributed by atoms with Crippen molar-refractivity contribution in [3.05, 3.63) is 34.9 Å². The fourth-order valence-corrected chi connectivity index (χ4v) is 2.23. The monoisotopic (exact) mass is 281 g/mol.